The molecule has 0 bridgehead atoms. The van der Waals surface area contributed by atoms with Crippen molar-refractivity contribution in [1.82, 2.24) is 19.9 Å². The highest BCUT2D eigenvalue weighted by molar-refractivity contribution is 5.95. The van der Waals surface area contributed by atoms with E-state index in [1.807, 2.05) is 0 Å². The first-order chi connectivity index (χ1) is 13.1. The van der Waals surface area contributed by atoms with Crippen LogP contribution in [-0.2, 0) is 0 Å². The van der Waals surface area contributed by atoms with Crippen LogP contribution in [0.4, 0.5) is 0 Å². The van der Waals surface area contributed by atoms with Crippen LogP contribution in [0.25, 0.3) is 11.4 Å². The third-order valence-electron chi connectivity index (χ3n) is 4.50. The Hall–Kier alpha value is -3.42. The van der Waals surface area contributed by atoms with E-state index in [1.54, 1.807) is 53.1 Å². The van der Waals surface area contributed by atoms with E-state index in [-0.39, 0.29) is 11.8 Å². The summed E-state index contributed by atoms with van der Waals surface area (Å²) in [5.74, 6) is 1.11. The topological polar surface area (TPSA) is 92.7 Å². The Bertz CT molecular complexity index is 939. The summed E-state index contributed by atoms with van der Waals surface area (Å²) >= 11 is 0. The van der Waals surface area contributed by atoms with Gasteiger partial charge in [0.15, 0.2) is 5.76 Å². The first kappa shape index (κ1) is 17.0. The second kappa shape index (κ2) is 7.06. The van der Waals surface area contributed by atoms with Gasteiger partial charge in [-0.1, -0.05) is 17.3 Å². The predicted molar refractivity (Wildman–Crippen MR) is 95.0 cm³/mol. The van der Waals surface area contributed by atoms with Gasteiger partial charge in [0, 0.05) is 44.2 Å². The molecule has 0 saturated carbocycles. The third-order valence-corrected chi connectivity index (χ3v) is 4.50. The minimum absolute atomic E-state index is 0.0593. The van der Waals surface area contributed by atoms with Crippen molar-refractivity contribution in [1.29, 1.82) is 0 Å². The first-order valence-electron chi connectivity index (χ1n) is 8.64. The Balaban J connectivity index is 1.38. The second-order valence-electron chi connectivity index (χ2n) is 6.28. The molecule has 138 valence electrons. The molecule has 2 amide bonds. The van der Waals surface area contributed by atoms with Gasteiger partial charge in [-0.25, -0.2) is 0 Å². The molecule has 0 N–H and O–H groups in total. The highest BCUT2D eigenvalue weighted by atomic mass is 16.5. The van der Waals surface area contributed by atoms with E-state index in [0.717, 1.165) is 5.56 Å². The van der Waals surface area contributed by atoms with E-state index in [9.17, 15) is 9.59 Å². The van der Waals surface area contributed by atoms with Crippen LogP contribution in [0.5, 0.6) is 0 Å². The largest absolute Gasteiger partial charge is 0.459 e. The van der Waals surface area contributed by atoms with E-state index in [0.29, 0.717) is 49.2 Å². The van der Waals surface area contributed by atoms with Gasteiger partial charge < -0.3 is 18.7 Å². The summed E-state index contributed by atoms with van der Waals surface area (Å²) in [4.78, 5) is 32.6. The van der Waals surface area contributed by atoms with E-state index in [2.05, 4.69) is 10.1 Å². The summed E-state index contributed by atoms with van der Waals surface area (Å²) in [5.41, 5.74) is 1.38. The zero-order valence-electron chi connectivity index (χ0n) is 14.8. The van der Waals surface area contributed by atoms with Crippen molar-refractivity contribution in [2.75, 3.05) is 26.2 Å². The molecular formula is C19H18N4O4. The molecular weight excluding hydrogens is 348 g/mol. The van der Waals surface area contributed by atoms with Crippen LogP contribution < -0.4 is 0 Å². The Morgan fingerprint density at radius 3 is 2.19 bits per heavy atom. The molecule has 0 unspecified atom stereocenters. The summed E-state index contributed by atoms with van der Waals surface area (Å²) in [6.45, 7) is 3.65. The van der Waals surface area contributed by atoms with Crippen LogP contribution in [0.2, 0.25) is 0 Å². The summed E-state index contributed by atoms with van der Waals surface area (Å²) in [6.07, 6.45) is 1.48. The normalized spacial score (nSPS) is 14.4. The Labute approximate surface area is 155 Å². The first-order valence-corrected chi connectivity index (χ1v) is 8.64. The molecule has 0 spiro atoms. The number of rotatable bonds is 3. The minimum Gasteiger partial charge on any atom is -0.459 e. The number of nitrogens with zero attached hydrogens (tertiary/aromatic N) is 4. The quantitative estimate of drug-likeness (QED) is 0.706. The zero-order chi connectivity index (χ0) is 18.8. The molecule has 4 rings (SSSR count). The molecule has 27 heavy (non-hydrogen) atoms. The van der Waals surface area contributed by atoms with Crippen molar-refractivity contribution >= 4 is 11.8 Å². The summed E-state index contributed by atoms with van der Waals surface area (Å²) in [7, 11) is 0. The van der Waals surface area contributed by atoms with Crippen LogP contribution in [0.3, 0.4) is 0 Å². The van der Waals surface area contributed by atoms with Crippen molar-refractivity contribution < 1.29 is 18.5 Å². The van der Waals surface area contributed by atoms with Gasteiger partial charge in [-0.3, -0.25) is 9.59 Å². The number of aryl methyl sites for hydroxylation is 1. The lowest BCUT2D eigenvalue weighted by Crippen LogP contribution is -2.50. The fourth-order valence-corrected chi connectivity index (χ4v) is 3.03. The standard InChI is InChI=1S/C19H18N4O4/c1-13-20-17(21-27-13)14-4-6-15(7-5-14)18(24)22-8-10-23(11-9-22)19(25)16-3-2-12-26-16/h2-7,12H,8-11H2,1H3. The van der Waals surface area contributed by atoms with E-state index < -0.39 is 0 Å². The molecule has 3 heterocycles. The molecule has 0 atom stereocenters. The Morgan fingerprint density at radius 2 is 1.63 bits per heavy atom. The maximum Gasteiger partial charge on any atom is 0.289 e. The lowest BCUT2D eigenvalue weighted by Gasteiger charge is -2.34. The lowest BCUT2D eigenvalue weighted by molar-refractivity contribution is 0.0518. The highest BCUT2D eigenvalue weighted by Crippen LogP contribution is 2.18. The number of aromatic nitrogens is 2. The number of carbonyl (C=O) groups is 2. The molecule has 0 radical (unpaired) electrons. The number of hydrogen-bond acceptors (Lipinski definition) is 6. The maximum atomic E-state index is 12.7. The SMILES string of the molecule is Cc1nc(-c2ccc(C(=O)N3CCN(C(=O)c4ccco4)CC3)cc2)no1. The van der Waals surface area contributed by atoms with Gasteiger partial charge in [0.1, 0.15) is 0 Å². The third kappa shape index (κ3) is 3.46. The molecule has 1 aromatic carbocycles. The highest BCUT2D eigenvalue weighted by Gasteiger charge is 2.26. The van der Waals surface area contributed by atoms with Gasteiger partial charge in [0.25, 0.3) is 11.8 Å². The van der Waals surface area contributed by atoms with Crippen LogP contribution in [-0.4, -0.2) is 57.9 Å². The molecule has 8 heteroatoms. The van der Waals surface area contributed by atoms with Gasteiger partial charge in [-0.2, -0.15) is 4.98 Å². The van der Waals surface area contributed by atoms with Crippen molar-refractivity contribution in [2.24, 2.45) is 0 Å². The minimum atomic E-state index is -0.146. The number of amides is 2. The number of hydrogen-bond donors (Lipinski definition) is 0. The summed E-state index contributed by atoms with van der Waals surface area (Å²) in [5, 5.41) is 3.87. The average molecular weight is 366 g/mol. The van der Waals surface area contributed by atoms with Gasteiger partial charge in [0.05, 0.1) is 6.26 Å². The Kier molecular flexibility index (Phi) is 4.45. The molecule has 3 aromatic rings. The van der Waals surface area contributed by atoms with Crippen molar-refractivity contribution in [2.45, 2.75) is 6.92 Å². The summed E-state index contributed by atoms with van der Waals surface area (Å²) in [6, 6.07) is 10.4. The smallest absolute Gasteiger partial charge is 0.289 e. The van der Waals surface area contributed by atoms with Crippen LogP contribution in [0.15, 0.2) is 51.6 Å². The lowest BCUT2D eigenvalue weighted by atomic mass is 10.1. The van der Waals surface area contributed by atoms with Crippen molar-refractivity contribution in [3.63, 3.8) is 0 Å². The molecule has 1 fully saturated rings. The molecule has 2 aromatic heterocycles. The maximum absolute atomic E-state index is 12.7. The monoisotopic (exact) mass is 366 g/mol. The van der Waals surface area contributed by atoms with E-state index in [1.165, 1.54) is 6.26 Å². The molecule has 1 aliphatic heterocycles. The van der Waals surface area contributed by atoms with Crippen molar-refractivity contribution in [3.8, 4) is 11.4 Å². The van der Waals surface area contributed by atoms with Crippen LogP contribution in [0.1, 0.15) is 26.8 Å². The van der Waals surface area contributed by atoms with E-state index in [4.69, 9.17) is 8.94 Å². The fraction of sp³-hybridized carbons (Fsp3) is 0.263. The van der Waals surface area contributed by atoms with Crippen LogP contribution in [0, 0.1) is 6.92 Å². The zero-order valence-corrected chi connectivity index (χ0v) is 14.8. The number of piperazine rings is 1. The number of carbonyl (C=O) groups excluding carboxylic acids is 2. The number of benzene rings is 1. The van der Waals surface area contributed by atoms with Gasteiger partial charge >= 0.3 is 0 Å². The van der Waals surface area contributed by atoms with Gasteiger partial charge in [-0.15, -0.1) is 0 Å². The summed E-state index contributed by atoms with van der Waals surface area (Å²) < 4.78 is 10.1. The number of furan rings is 1. The predicted octanol–water partition coefficient (Wildman–Crippen LogP) is 2.24. The van der Waals surface area contributed by atoms with Crippen molar-refractivity contribution in [3.05, 3.63) is 59.9 Å². The fourth-order valence-electron chi connectivity index (χ4n) is 3.03. The molecule has 0 aliphatic carbocycles. The molecule has 8 nitrogen and oxygen atoms in total. The molecule has 1 aliphatic rings. The van der Waals surface area contributed by atoms with Gasteiger partial charge in [0.2, 0.25) is 11.7 Å². The van der Waals surface area contributed by atoms with Gasteiger partial charge in [-0.05, 0) is 24.3 Å². The van der Waals surface area contributed by atoms with Crippen LogP contribution >= 0.6 is 0 Å². The Morgan fingerprint density at radius 1 is 0.963 bits per heavy atom. The van der Waals surface area contributed by atoms with E-state index >= 15 is 0 Å². The second-order valence-corrected chi connectivity index (χ2v) is 6.28. The molecule has 1 saturated heterocycles. The average Bonchev–Trinajstić information content (AvgIpc) is 3.39.